The van der Waals surface area contributed by atoms with Crippen LogP contribution in [0.3, 0.4) is 0 Å². The van der Waals surface area contributed by atoms with Crippen molar-refractivity contribution in [3.05, 3.63) is 0 Å². The Bertz CT molecular complexity index is 746. The molecule has 0 spiro atoms. The first kappa shape index (κ1) is 14.9. The molecule has 14 unspecified atom stereocenters. The van der Waals surface area contributed by atoms with Gasteiger partial charge in [0.1, 0.15) is 0 Å². The SMILES string of the molecule is CC1CC(C2OC2C)C2C3CC(C12)C1C2CC(C4CS(=O)(=O)CC42)C31. The average Bonchev–Trinajstić information content (AvgIpc) is 3.06. The Morgan fingerprint density at radius 3 is 1.80 bits per heavy atom. The number of ether oxygens (including phenoxy) is 1. The van der Waals surface area contributed by atoms with Crippen LogP contribution in [0.15, 0.2) is 0 Å². The molecule has 7 rings (SSSR count). The molecule has 2 aliphatic heterocycles. The van der Waals surface area contributed by atoms with Gasteiger partial charge in [-0.1, -0.05) is 6.92 Å². The van der Waals surface area contributed by atoms with E-state index in [1.165, 1.54) is 19.3 Å². The van der Waals surface area contributed by atoms with E-state index in [0.717, 1.165) is 59.2 Å². The van der Waals surface area contributed by atoms with Crippen molar-refractivity contribution in [2.24, 2.45) is 71.0 Å². The summed E-state index contributed by atoms with van der Waals surface area (Å²) in [6.07, 6.45) is 5.30. The average molecular weight is 363 g/mol. The zero-order chi connectivity index (χ0) is 16.8. The summed E-state index contributed by atoms with van der Waals surface area (Å²) in [5.41, 5.74) is 0. The Labute approximate surface area is 151 Å². The molecule has 4 heteroatoms. The topological polar surface area (TPSA) is 46.7 Å². The molecule has 0 amide bonds. The first-order chi connectivity index (χ1) is 11.9. The normalized spacial score (nSPS) is 70.5. The van der Waals surface area contributed by atoms with Gasteiger partial charge >= 0.3 is 0 Å². The Balaban J connectivity index is 1.26. The molecule has 0 aromatic carbocycles. The molecule has 0 aromatic heterocycles. The van der Waals surface area contributed by atoms with Crippen molar-refractivity contribution < 1.29 is 13.2 Å². The summed E-state index contributed by atoms with van der Waals surface area (Å²) in [5, 5.41) is 0. The molecule has 0 aromatic rings. The fourth-order valence-corrected chi connectivity index (χ4v) is 12.6. The van der Waals surface area contributed by atoms with Crippen molar-refractivity contribution in [3.8, 4) is 0 Å². The summed E-state index contributed by atoms with van der Waals surface area (Å²) in [5.74, 6) is 10.8. The van der Waals surface area contributed by atoms with Crippen LogP contribution in [-0.4, -0.2) is 32.1 Å². The monoisotopic (exact) mass is 362 g/mol. The van der Waals surface area contributed by atoms with Crippen LogP contribution < -0.4 is 0 Å². The summed E-state index contributed by atoms with van der Waals surface area (Å²) in [6, 6.07) is 0. The highest BCUT2D eigenvalue weighted by Gasteiger charge is 2.74. The van der Waals surface area contributed by atoms with Gasteiger partial charge in [0.2, 0.25) is 0 Å². The molecule has 0 radical (unpaired) electrons. The maximum atomic E-state index is 12.3. The first-order valence-electron chi connectivity index (χ1n) is 10.8. The van der Waals surface area contributed by atoms with Crippen LogP contribution in [0.25, 0.3) is 0 Å². The van der Waals surface area contributed by atoms with Gasteiger partial charge in [0.15, 0.2) is 9.84 Å². The van der Waals surface area contributed by atoms with Crippen molar-refractivity contribution in [2.45, 2.75) is 45.3 Å². The number of epoxide rings is 1. The van der Waals surface area contributed by atoms with Crippen LogP contribution in [0.1, 0.15) is 33.1 Å². The zero-order valence-corrected chi connectivity index (χ0v) is 16.1. The van der Waals surface area contributed by atoms with Gasteiger partial charge in [0.05, 0.1) is 23.7 Å². The van der Waals surface area contributed by atoms with E-state index in [1.54, 1.807) is 0 Å². The maximum absolute atomic E-state index is 12.3. The minimum Gasteiger partial charge on any atom is -0.370 e. The van der Waals surface area contributed by atoms with Gasteiger partial charge in [0, 0.05) is 0 Å². The van der Waals surface area contributed by atoms with Crippen LogP contribution in [0.4, 0.5) is 0 Å². The summed E-state index contributed by atoms with van der Waals surface area (Å²) in [7, 11) is -2.75. The molecule has 2 saturated heterocycles. The minimum absolute atomic E-state index is 0.496. The highest BCUT2D eigenvalue weighted by Crippen LogP contribution is 2.77. The van der Waals surface area contributed by atoms with E-state index < -0.39 is 9.84 Å². The fourth-order valence-electron chi connectivity index (χ4n) is 10.3. The molecule has 138 valence electrons. The zero-order valence-electron chi connectivity index (χ0n) is 15.3. The second-order valence-electron chi connectivity index (χ2n) is 11.0. The minimum atomic E-state index is -2.75. The lowest BCUT2D eigenvalue weighted by Crippen LogP contribution is -2.44. The third-order valence-corrected chi connectivity index (χ3v) is 12.2. The van der Waals surface area contributed by atoms with Gasteiger partial charge < -0.3 is 4.74 Å². The van der Waals surface area contributed by atoms with Crippen molar-refractivity contribution in [3.63, 3.8) is 0 Å². The maximum Gasteiger partial charge on any atom is 0.150 e. The quantitative estimate of drug-likeness (QED) is 0.532. The highest BCUT2D eigenvalue weighted by molar-refractivity contribution is 7.91. The number of hydrogen-bond donors (Lipinski definition) is 0. The van der Waals surface area contributed by atoms with Gasteiger partial charge in [-0.15, -0.1) is 0 Å². The van der Waals surface area contributed by atoms with E-state index in [-0.39, 0.29) is 0 Å². The van der Waals surface area contributed by atoms with Crippen LogP contribution in [0, 0.1) is 71.0 Å². The van der Waals surface area contributed by atoms with Crippen molar-refractivity contribution in [1.29, 1.82) is 0 Å². The van der Waals surface area contributed by atoms with Gasteiger partial charge in [-0.25, -0.2) is 8.42 Å². The van der Waals surface area contributed by atoms with Crippen molar-refractivity contribution >= 4 is 9.84 Å². The van der Waals surface area contributed by atoms with Crippen molar-refractivity contribution in [2.75, 3.05) is 11.5 Å². The van der Waals surface area contributed by atoms with Gasteiger partial charge in [-0.2, -0.15) is 0 Å². The molecule has 5 aliphatic carbocycles. The van der Waals surface area contributed by atoms with E-state index in [4.69, 9.17) is 4.74 Å². The van der Waals surface area contributed by atoms with Crippen LogP contribution in [0.5, 0.6) is 0 Å². The van der Waals surface area contributed by atoms with Crippen molar-refractivity contribution in [1.82, 2.24) is 0 Å². The molecule has 7 aliphatic rings. The fraction of sp³-hybridized carbons (Fsp3) is 1.00. The first-order valence-corrected chi connectivity index (χ1v) is 12.6. The number of sulfone groups is 1. The van der Waals surface area contributed by atoms with E-state index >= 15 is 0 Å². The van der Waals surface area contributed by atoms with Crippen LogP contribution in [0.2, 0.25) is 0 Å². The summed E-state index contributed by atoms with van der Waals surface area (Å²) >= 11 is 0. The summed E-state index contributed by atoms with van der Waals surface area (Å²) in [4.78, 5) is 0. The van der Waals surface area contributed by atoms with Crippen LogP contribution in [-0.2, 0) is 14.6 Å². The molecule has 3 nitrogen and oxygen atoms in total. The third kappa shape index (κ3) is 1.63. The number of rotatable bonds is 1. The Morgan fingerprint density at radius 1 is 0.680 bits per heavy atom. The molecule has 5 saturated carbocycles. The Kier molecular flexibility index (Phi) is 2.57. The van der Waals surface area contributed by atoms with E-state index in [9.17, 15) is 8.42 Å². The molecule has 2 heterocycles. The van der Waals surface area contributed by atoms with E-state index in [1.807, 2.05) is 0 Å². The predicted molar refractivity (Wildman–Crippen MR) is 94.4 cm³/mol. The molecule has 4 bridgehead atoms. The third-order valence-electron chi connectivity index (χ3n) is 10.5. The predicted octanol–water partition coefficient (Wildman–Crippen LogP) is 2.85. The number of hydrogen-bond acceptors (Lipinski definition) is 3. The van der Waals surface area contributed by atoms with Gasteiger partial charge in [-0.3, -0.25) is 0 Å². The molecular weight excluding hydrogens is 332 g/mol. The van der Waals surface area contributed by atoms with Gasteiger partial charge in [-0.05, 0) is 97.2 Å². The summed E-state index contributed by atoms with van der Waals surface area (Å²) < 4.78 is 30.5. The lowest BCUT2D eigenvalue weighted by molar-refractivity contribution is 0.00809. The molecule has 0 N–H and O–H groups in total. The number of fused-ring (bicyclic) bond motifs is 15. The second kappa shape index (κ2) is 4.32. The molecule has 25 heavy (non-hydrogen) atoms. The molecule has 7 fully saturated rings. The lowest BCUT2D eigenvalue weighted by Gasteiger charge is -2.46. The smallest absolute Gasteiger partial charge is 0.150 e. The Morgan fingerprint density at radius 2 is 1.20 bits per heavy atom. The highest BCUT2D eigenvalue weighted by atomic mass is 32.2. The second-order valence-corrected chi connectivity index (χ2v) is 13.2. The summed E-state index contributed by atoms with van der Waals surface area (Å²) in [6.45, 7) is 4.76. The lowest BCUT2D eigenvalue weighted by atomic mass is 9.58. The van der Waals surface area contributed by atoms with E-state index in [0.29, 0.717) is 35.5 Å². The largest absolute Gasteiger partial charge is 0.370 e. The molecular formula is C21H30O3S. The molecule has 14 atom stereocenters. The van der Waals surface area contributed by atoms with E-state index in [2.05, 4.69) is 13.8 Å². The van der Waals surface area contributed by atoms with Crippen LogP contribution >= 0.6 is 0 Å². The van der Waals surface area contributed by atoms with Gasteiger partial charge in [0.25, 0.3) is 0 Å². The Hall–Kier alpha value is -0.0900. The standard InChI is InChI=1S/C21H30O3S/c1-8-3-14(21-9(2)24-21)20-13-5-12(17(8)20)18-10-4-11(19(13)18)16-7-25(22,23)6-15(10)16/h8-21H,3-7H2,1-2H3.